The number of halogens is 1. The minimum Gasteiger partial charge on any atom is -0.480 e. The number of fused-ring (bicyclic) bond motifs is 1. The Bertz CT molecular complexity index is 1030. The monoisotopic (exact) mass is 449 g/mol. The highest BCUT2D eigenvalue weighted by atomic mass is 35.5. The highest BCUT2D eigenvalue weighted by Gasteiger charge is 2.30. The third-order valence-electron chi connectivity index (χ3n) is 5.53. The fourth-order valence-corrected chi connectivity index (χ4v) is 5.35. The van der Waals surface area contributed by atoms with Crippen LogP contribution in [0.2, 0.25) is 5.02 Å². The van der Waals surface area contributed by atoms with Gasteiger partial charge in [-0.3, -0.25) is 4.79 Å². The molecule has 2 heterocycles. The number of hydrogen-bond acceptors (Lipinski definition) is 5. The Morgan fingerprint density at radius 3 is 2.50 bits per heavy atom. The molecule has 1 saturated heterocycles. The fourth-order valence-electron chi connectivity index (χ4n) is 3.73. The Hall–Kier alpha value is -2.13. The van der Waals surface area contributed by atoms with Crippen LogP contribution < -0.4 is 10.1 Å². The van der Waals surface area contributed by atoms with E-state index in [1.807, 2.05) is 0 Å². The van der Waals surface area contributed by atoms with Gasteiger partial charge in [-0.15, -0.1) is 0 Å². The van der Waals surface area contributed by atoms with Crippen molar-refractivity contribution in [1.82, 2.24) is 9.21 Å². The van der Waals surface area contributed by atoms with E-state index in [1.54, 1.807) is 30.3 Å². The second kappa shape index (κ2) is 8.55. The van der Waals surface area contributed by atoms with Gasteiger partial charge in [-0.05, 0) is 54.6 Å². The molecule has 0 saturated carbocycles. The number of amides is 1. The van der Waals surface area contributed by atoms with Crippen molar-refractivity contribution in [3.8, 4) is 5.75 Å². The number of nitrogens with zero attached hydrogens (tertiary/aromatic N) is 2. The molecule has 4 rings (SSSR count). The minimum absolute atomic E-state index is 0.226. The molecule has 7 nitrogen and oxygen atoms in total. The third kappa shape index (κ3) is 4.32. The van der Waals surface area contributed by atoms with Gasteiger partial charge >= 0.3 is 0 Å². The van der Waals surface area contributed by atoms with Crippen molar-refractivity contribution in [3.05, 3.63) is 53.1 Å². The van der Waals surface area contributed by atoms with E-state index in [9.17, 15) is 13.2 Å². The van der Waals surface area contributed by atoms with Gasteiger partial charge in [0.2, 0.25) is 10.0 Å². The zero-order valence-electron chi connectivity index (χ0n) is 16.7. The molecule has 2 aliphatic rings. The number of hydrogen-bond donors (Lipinski definition) is 1. The van der Waals surface area contributed by atoms with Crippen LogP contribution >= 0.6 is 11.6 Å². The molecule has 1 amide bonds. The van der Waals surface area contributed by atoms with E-state index in [1.165, 1.54) is 16.4 Å². The topological polar surface area (TPSA) is 79.0 Å². The van der Waals surface area contributed by atoms with Crippen molar-refractivity contribution in [2.45, 2.75) is 24.3 Å². The van der Waals surface area contributed by atoms with Crippen LogP contribution in [0.25, 0.3) is 0 Å². The maximum Gasteiger partial charge on any atom is 0.265 e. The Morgan fingerprint density at radius 1 is 1.13 bits per heavy atom. The summed E-state index contributed by atoms with van der Waals surface area (Å²) in [6, 6.07) is 11.5. The quantitative estimate of drug-likeness (QED) is 0.759. The van der Waals surface area contributed by atoms with Gasteiger partial charge in [0.15, 0.2) is 6.10 Å². The van der Waals surface area contributed by atoms with Crippen LogP contribution in [0.3, 0.4) is 0 Å². The number of piperazine rings is 1. The molecular weight excluding hydrogens is 426 g/mol. The van der Waals surface area contributed by atoms with E-state index >= 15 is 0 Å². The number of likely N-dealkylation sites (N-methyl/N-ethyl adjacent to an activating group) is 1. The zero-order chi connectivity index (χ0) is 21.3. The van der Waals surface area contributed by atoms with Gasteiger partial charge in [-0.1, -0.05) is 18.5 Å². The zero-order valence-corrected chi connectivity index (χ0v) is 18.2. The first-order valence-corrected chi connectivity index (χ1v) is 11.8. The highest BCUT2D eigenvalue weighted by Crippen LogP contribution is 2.31. The summed E-state index contributed by atoms with van der Waals surface area (Å²) in [4.78, 5) is 15.0. The smallest absolute Gasteiger partial charge is 0.265 e. The molecule has 2 aliphatic heterocycles. The number of carbonyl (C=O) groups is 1. The van der Waals surface area contributed by atoms with Crippen LogP contribution in [0.15, 0.2) is 47.4 Å². The number of rotatable bonds is 5. The molecule has 0 aliphatic carbocycles. The number of benzene rings is 2. The van der Waals surface area contributed by atoms with Crippen LogP contribution in [0.5, 0.6) is 5.75 Å². The van der Waals surface area contributed by atoms with Crippen molar-refractivity contribution < 1.29 is 17.9 Å². The van der Waals surface area contributed by atoms with E-state index in [0.717, 1.165) is 25.2 Å². The Kier molecular flexibility index (Phi) is 6.02. The van der Waals surface area contributed by atoms with E-state index < -0.39 is 16.1 Å². The first-order chi connectivity index (χ1) is 14.4. The average molecular weight is 450 g/mol. The van der Waals surface area contributed by atoms with Gasteiger partial charge in [-0.2, -0.15) is 4.31 Å². The van der Waals surface area contributed by atoms with Gasteiger partial charge in [0.1, 0.15) is 5.75 Å². The lowest BCUT2D eigenvalue weighted by Gasteiger charge is -2.33. The molecule has 30 heavy (non-hydrogen) atoms. The molecular formula is C21H24ClN3O4S. The third-order valence-corrected chi connectivity index (χ3v) is 7.68. The van der Waals surface area contributed by atoms with Crippen LogP contribution in [-0.2, 0) is 21.2 Å². The molecule has 160 valence electrons. The molecule has 1 atom stereocenters. The summed E-state index contributed by atoms with van der Waals surface area (Å²) in [5.41, 5.74) is 1.42. The largest absolute Gasteiger partial charge is 0.480 e. The van der Waals surface area contributed by atoms with Crippen LogP contribution in [-0.4, -0.2) is 62.4 Å². The summed E-state index contributed by atoms with van der Waals surface area (Å²) in [7, 11) is -3.54. The van der Waals surface area contributed by atoms with Gasteiger partial charge in [-0.25, -0.2) is 8.42 Å². The molecule has 0 aromatic heterocycles. The van der Waals surface area contributed by atoms with Crippen molar-refractivity contribution >= 4 is 33.2 Å². The van der Waals surface area contributed by atoms with E-state index in [2.05, 4.69) is 17.1 Å². The van der Waals surface area contributed by atoms with Crippen LogP contribution in [0.1, 0.15) is 12.5 Å². The number of ether oxygens (including phenoxy) is 1. The summed E-state index contributed by atoms with van der Waals surface area (Å²) >= 11 is 5.99. The summed E-state index contributed by atoms with van der Waals surface area (Å²) in [6.45, 7) is 5.43. The minimum atomic E-state index is -3.54. The molecule has 0 radical (unpaired) electrons. The molecule has 2 aromatic carbocycles. The first-order valence-electron chi connectivity index (χ1n) is 9.95. The van der Waals surface area contributed by atoms with Gasteiger partial charge in [0, 0.05) is 43.3 Å². The highest BCUT2D eigenvalue weighted by molar-refractivity contribution is 7.89. The lowest BCUT2D eigenvalue weighted by molar-refractivity contribution is -0.122. The van der Waals surface area contributed by atoms with E-state index in [-0.39, 0.29) is 10.8 Å². The second-order valence-electron chi connectivity index (χ2n) is 7.41. The average Bonchev–Trinajstić information content (AvgIpc) is 3.17. The number of carbonyl (C=O) groups excluding carboxylic acids is 1. The predicted molar refractivity (Wildman–Crippen MR) is 116 cm³/mol. The fraction of sp³-hybridized carbons (Fsp3) is 0.381. The van der Waals surface area contributed by atoms with Crippen LogP contribution in [0, 0.1) is 0 Å². The molecule has 1 N–H and O–H groups in total. The summed E-state index contributed by atoms with van der Waals surface area (Å²) in [5.74, 6) is 0.373. The lowest BCUT2D eigenvalue weighted by Crippen LogP contribution is -2.48. The van der Waals surface area contributed by atoms with Gasteiger partial charge < -0.3 is 15.0 Å². The maximum absolute atomic E-state index is 12.9. The maximum atomic E-state index is 12.9. The van der Waals surface area contributed by atoms with Crippen molar-refractivity contribution in [3.63, 3.8) is 0 Å². The normalized spacial score (nSPS) is 19.9. The molecule has 2 aromatic rings. The van der Waals surface area contributed by atoms with E-state index in [0.29, 0.717) is 36.0 Å². The number of anilines is 1. The molecule has 1 fully saturated rings. The van der Waals surface area contributed by atoms with Gasteiger partial charge in [0.25, 0.3) is 5.91 Å². The summed E-state index contributed by atoms with van der Waals surface area (Å²) < 4.78 is 32.9. The van der Waals surface area contributed by atoms with Gasteiger partial charge in [0.05, 0.1) is 4.90 Å². The molecule has 0 bridgehead atoms. The summed E-state index contributed by atoms with van der Waals surface area (Å²) in [6.07, 6.45) is -0.200. The number of nitrogens with one attached hydrogen (secondary N) is 1. The molecule has 0 spiro atoms. The Balaban J connectivity index is 1.39. The Labute approximate surface area is 181 Å². The van der Waals surface area contributed by atoms with Crippen molar-refractivity contribution in [1.29, 1.82) is 0 Å². The number of sulfonamides is 1. The predicted octanol–water partition coefficient (Wildman–Crippen LogP) is 2.61. The second-order valence-corrected chi connectivity index (χ2v) is 9.79. The molecule has 0 unspecified atom stereocenters. The first kappa shape index (κ1) is 21.1. The SMILES string of the molecule is CCN1CCN(S(=O)(=O)c2ccc(NC(=O)[C@H]3Cc4cc(Cl)ccc4O3)cc2)CC1. The lowest BCUT2D eigenvalue weighted by atomic mass is 10.1. The van der Waals surface area contributed by atoms with Crippen LogP contribution in [0.4, 0.5) is 5.69 Å². The van der Waals surface area contributed by atoms with E-state index in [4.69, 9.17) is 16.3 Å². The standard InChI is InChI=1S/C21H24ClN3O4S/c1-2-24-9-11-25(12-10-24)30(27,28)18-6-4-17(5-7-18)23-21(26)20-14-15-13-16(22)3-8-19(15)29-20/h3-8,13,20H,2,9-12,14H2,1H3,(H,23,26)/t20-/m1/s1. The van der Waals surface area contributed by atoms with Crippen molar-refractivity contribution in [2.24, 2.45) is 0 Å². The molecule has 9 heteroatoms. The summed E-state index contributed by atoms with van der Waals surface area (Å²) in [5, 5.41) is 3.40. The Morgan fingerprint density at radius 2 is 1.83 bits per heavy atom. The van der Waals surface area contributed by atoms with Crippen molar-refractivity contribution in [2.75, 3.05) is 38.0 Å².